The number of ether oxygens (including phenoxy) is 1. The molecule has 2 aromatic heterocycles. The molecular weight excluding hydrogens is 385 g/mol. The van der Waals surface area contributed by atoms with Gasteiger partial charge in [-0.2, -0.15) is 4.98 Å². The Kier molecular flexibility index (Phi) is 5.59. The zero-order valence-corrected chi connectivity index (χ0v) is 15.0. The van der Waals surface area contributed by atoms with Gasteiger partial charge in [0.15, 0.2) is 11.0 Å². The van der Waals surface area contributed by atoms with Gasteiger partial charge in [-0.3, -0.25) is 4.79 Å². The summed E-state index contributed by atoms with van der Waals surface area (Å²) >= 11 is 1.06. The highest BCUT2D eigenvalue weighted by Gasteiger charge is 2.31. The number of fused-ring (bicyclic) bond motifs is 1. The monoisotopic (exact) mass is 400 g/mol. The van der Waals surface area contributed by atoms with Crippen LogP contribution in [0.5, 0.6) is 5.75 Å². The lowest BCUT2D eigenvalue weighted by Gasteiger charge is -2.07. The molecule has 0 bridgehead atoms. The van der Waals surface area contributed by atoms with Crippen molar-refractivity contribution in [3.05, 3.63) is 29.9 Å². The molecule has 2 heterocycles. The smallest absolute Gasteiger partial charge is 0.406 e. The number of nitrogens with one attached hydrogen (secondary N) is 1. The highest BCUT2D eigenvalue weighted by atomic mass is 32.1. The van der Waals surface area contributed by atoms with E-state index in [0.717, 1.165) is 17.8 Å². The number of hydrogen-bond donors (Lipinski definition) is 1. The Morgan fingerprint density at radius 1 is 1.30 bits per heavy atom. The van der Waals surface area contributed by atoms with Gasteiger partial charge in [-0.25, -0.2) is 4.98 Å². The molecule has 27 heavy (non-hydrogen) atoms. The van der Waals surface area contributed by atoms with Crippen LogP contribution >= 0.6 is 11.3 Å². The largest absolute Gasteiger partial charge is 0.573 e. The van der Waals surface area contributed by atoms with E-state index in [9.17, 15) is 18.0 Å². The van der Waals surface area contributed by atoms with Crippen molar-refractivity contribution in [1.29, 1.82) is 0 Å². The molecule has 0 spiro atoms. The normalized spacial score (nSPS) is 11.7. The average molecular weight is 400 g/mol. The van der Waals surface area contributed by atoms with Crippen molar-refractivity contribution < 1.29 is 27.2 Å². The number of benzene rings is 1. The fourth-order valence-corrected chi connectivity index (χ4v) is 3.19. The van der Waals surface area contributed by atoms with Crippen molar-refractivity contribution in [2.24, 2.45) is 0 Å². The number of amides is 1. The van der Waals surface area contributed by atoms with Gasteiger partial charge in [-0.05, 0) is 18.6 Å². The first-order valence-corrected chi connectivity index (χ1v) is 8.91. The number of rotatable bonds is 7. The van der Waals surface area contributed by atoms with Crippen LogP contribution in [0.2, 0.25) is 0 Å². The highest BCUT2D eigenvalue weighted by Crippen LogP contribution is 2.31. The molecule has 3 aromatic rings. The fraction of sp³-hybridized carbons (Fsp3) is 0.375. The van der Waals surface area contributed by atoms with Crippen molar-refractivity contribution in [2.45, 2.75) is 39.0 Å². The van der Waals surface area contributed by atoms with Crippen LogP contribution in [0.15, 0.2) is 22.7 Å². The summed E-state index contributed by atoms with van der Waals surface area (Å²) in [6, 6.07) is 3.80. The minimum absolute atomic E-state index is 0.117. The van der Waals surface area contributed by atoms with Gasteiger partial charge >= 0.3 is 6.36 Å². The molecule has 0 saturated carbocycles. The molecule has 1 N–H and O–H groups in total. The predicted octanol–water partition coefficient (Wildman–Crippen LogP) is 4.10. The zero-order chi connectivity index (χ0) is 19.4. The number of aromatic nitrogens is 3. The number of nitrogens with zero attached hydrogens (tertiary/aromatic N) is 3. The first-order valence-electron chi connectivity index (χ1n) is 8.10. The number of carbonyl (C=O) groups excluding carboxylic acids is 1. The van der Waals surface area contributed by atoms with Gasteiger partial charge in [0.25, 0.3) is 0 Å². The number of halogens is 3. The van der Waals surface area contributed by atoms with Crippen molar-refractivity contribution >= 4 is 32.6 Å². The van der Waals surface area contributed by atoms with Crippen molar-refractivity contribution in [3.63, 3.8) is 0 Å². The van der Waals surface area contributed by atoms with Gasteiger partial charge in [0.2, 0.25) is 11.8 Å². The van der Waals surface area contributed by atoms with E-state index in [4.69, 9.17) is 4.52 Å². The average Bonchev–Trinajstić information content (AvgIpc) is 3.17. The molecule has 1 aromatic carbocycles. The summed E-state index contributed by atoms with van der Waals surface area (Å²) < 4.78 is 46.2. The summed E-state index contributed by atoms with van der Waals surface area (Å²) in [6.07, 6.45) is -2.75. The lowest BCUT2D eigenvalue weighted by atomic mass is 10.3. The van der Waals surface area contributed by atoms with Gasteiger partial charge in [-0.15, -0.1) is 13.2 Å². The van der Waals surface area contributed by atoms with Crippen LogP contribution in [-0.2, 0) is 17.6 Å². The summed E-state index contributed by atoms with van der Waals surface area (Å²) in [5, 5.41) is 6.72. The maximum absolute atomic E-state index is 12.3. The molecule has 11 heteroatoms. The second kappa shape index (κ2) is 7.91. The molecule has 0 radical (unpaired) electrons. The number of aryl methyl sites for hydroxylation is 2. The third-order valence-electron chi connectivity index (χ3n) is 3.39. The predicted molar refractivity (Wildman–Crippen MR) is 91.5 cm³/mol. The van der Waals surface area contributed by atoms with Crippen LogP contribution in [0, 0.1) is 0 Å². The number of alkyl halides is 3. The Balaban J connectivity index is 1.59. The molecule has 0 unspecified atom stereocenters. The lowest BCUT2D eigenvalue weighted by molar-refractivity contribution is -0.274. The maximum atomic E-state index is 12.3. The summed E-state index contributed by atoms with van der Waals surface area (Å²) in [6.45, 7) is 2.00. The van der Waals surface area contributed by atoms with Gasteiger partial charge in [0.05, 0.1) is 10.2 Å². The van der Waals surface area contributed by atoms with Gasteiger partial charge in [0, 0.05) is 25.3 Å². The summed E-state index contributed by atoms with van der Waals surface area (Å²) in [7, 11) is 0. The molecule has 7 nitrogen and oxygen atoms in total. The molecular formula is C16H15F3N4O3S. The zero-order valence-electron chi connectivity index (χ0n) is 14.2. The van der Waals surface area contributed by atoms with Gasteiger partial charge in [-0.1, -0.05) is 23.4 Å². The topological polar surface area (TPSA) is 90.1 Å². The fourth-order valence-electron chi connectivity index (χ4n) is 2.27. The Morgan fingerprint density at radius 3 is 2.85 bits per heavy atom. The number of anilines is 1. The van der Waals surface area contributed by atoms with E-state index in [1.165, 1.54) is 18.2 Å². The quantitative estimate of drug-likeness (QED) is 0.642. The Bertz CT molecular complexity index is 939. The van der Waals surface area contributed by atoms with E-state index in [2.05, 4.69) is 25.2 Å². The van der Waals surface area contributed by atoms with Crippen LogP contribution in [0.4, 0.5) is 18.3 Å². The van der Waals surface area contributed by atoms with Crippen molar-refractivity contribution in [3.8, 4) is 5.75 Å². The van der Waals surface area contributed by atoms with E-state index >= 15 is 0 Å². The Labute approximate surface area is 155 Å². The molecule has 1 amide bonds. The first kappa shape index (κ1) is 19.1. The standard InChI is InChI=1S/C16H15F3N4O3S/c1-2-3-12-21-14(26-23-12)7-6-13(24)22-15-20-10-5-4-9(8-11(10)27-15)25-16(17,18)19/h4-5,8H,2-3,6-7H2,1H3,(H,20,22,24). The van der Waals surface area contributed by atoms with E-state index in [0.29, 0.717) is 28.4 Å². The molecule has 0 saturated heterocycles. The van der Waals surface area contributed by atoms with Crippen molar-refractivity contribution in [2.75, 3.05) is 5.32 Å². The SMILES string of the molecule is CCCc1noc(CCC(=O)Nc2nc3ccc(OC(F)(F)F)cc3s2)n1. The van der Waals surface area contributed by atoms with Gasteiger partial charge < -0.3 is 14.6 Å². The second-order valence-electron chi connectivity index (χ2n) is 5.60. The van der Waals surface area contributed by atoms with E-state index in [-0.39, 0.29) is 29.6 Å². The summed E-state index contributed by atoms with van der Waals surface area (Å²) in [5.41, 5.74) is 0.464. The molecule has 0 aliphatic carbocycles. The highest BCUT2D eigenvalue weighted by molar-refractivity contribution is 7.22. The molecule has 0 atom stereocenters. The number of hydrogen-bond acceptors (Lipinski definition) is 7. The molecule has 144 valence electrons. The number of carbonyl (C=O) groups is 1. The Hall–Kier alpha value is -2.69. The summed E-state index contributed by atoms with van der Waals surface area (Å²) in [5.74, 6) is 0.342. The minimum atomic E-state index is -4.76. The Morgan fingerprint density at radius 2 is 2.11 bits per heavy atom. The van der Waals surface area contributed by atoms with Crippen LogP contribution in [0.1, 0.15) is 31.5 Å². The first-order chi connectivity index (χ1) is 12.8. The second-order valence-corrected chi connectivity index (χ2v) is 6.63. The molecule has 0 fully saturated rings. The maximum Gasteiger partial charge on any atom is 0.573 e. The van der Waals surface area contributed by atoms with Crippen LogP contribution in [0.3, 0.4) is 0 Å². The van der Waals surface area contributed by atoms with Crippen LogP contribution in [0.25, 0.3) is 10.2 Å². The third-order valence-corrected chi connectivity index (χ3v) is 4.32. The van der Waals surface area contributed by atoms with Crippen LogP contribution in [-0.4, -0.2) is 27.4 Å². The molecule has 0 aliphatic heterocycles. The van der Waals surface area contributed by atoms with E-state index in [1.54, 1.807) is 0 Å². The van der Waals surface area contributed by atoms with Crippen molar-refractivity contribution in [1.82, 2.24) is 15.1 Å². The lowest BCUT2D eigenvalue weighted by Crippen LogP contribution is -2.16. The third kappa shape index (κ3) is 5.39. The molecule has 0 aliphatic rings. The minimum Gasteiger partial charge on any atom is -0.406 e. The van der Waals surface area contributed by atoms with Gasteiger partial charge in [0.1, 0.15) is 5.75 Å². The van der Waals surface area contributed by atoms with Crippen LogP contribution < -0.4 is 10.1 Å². The van der Waals surface area contributed by atoms with E-state index in [1.807, 2.05) is 6.92 Å². The molecule has 3 rings (SSSR count). The van der Waals surface area contributed by atoms with E-state index < -0.39 is 6.36 Å². The number of thiazole rings is 1. The summed E-state index contributed by atoms with van der Waals surface area (Å²) in [4.78, 5) is 20.4.